The smallest absolute Gasteiger partial charge is 0.264 e. The Morgan fingerprint density at radius 2 is 1.69 bits per heavy atom. The van der Waals surface area contributed by atoms with E-state index < -0.39 is 0 Å². The van der Waals surface area contributed by atoms with Crippen LogP contribution in [0, 0.1) is 0 Å². The summed E-state index contributed by atoms with van der Waals surface area (Å²) in [6.07, 6.45) is 1.76. The van der Waals surface area contributed by atoms with E-state index in [0.717, 1.165) is 17.0 Å². The molecule has 0 radical (unpaired) electrons. The second-order valence-corrected chi connectivity index (χ2v) is 6.90. The molecule has 1 fully saturated rings. The minimum absolute atomic E-state index is 0.214. The molecule has 1 heterocycles. The first-order valence-electron chi connectivity index (χ1n) is 8.90. The van der Waals surface area contributed by atoms with E-state index in [2.05, 4.69) is 10.3 Å². The van der Waals surface area contributed by atoms with Crippen LogP contribution >= 0.6 is 11.8 Å². The summed E-state index contributed by atoms with van der Waals surface area (Å²) in [6.45, 7) is 2.54. The van der Waals surface area contributed by atoms with Gasteiger partial charge in [-0.05, 0) is 66.7 Å². The van der Waals surface area contributed by atoms with Crippen molar-refractivity contribution in [2.45, 2.75) is 6.92 Å². The summed E-state index contributed by atoms with van der Waals surface area (Å²) in [5.74, 6) is 2.10. The Bertz CT molecular complexity index is 929. The van der Waals surface area contributed by atoms with E-state index in [1.807, 2.05) is 31.2 Å². The zero-order valence-electron chi connectivity index (χ0n) is 16.6. The number of carbonyl (C=O) groups excluding carboxylic acids is 1. The predicted molar refractivity (Wildman–Crippen MR) is 115 cm³/mol. The summed E-state index contributed by atoms with van der Waals surface area (Å²) in [5, 5.41) is 3.29. The highest BCUT2D eigenvalue weighted by Gasteiger charge is 2.24. The second kappa shape index (κ2) is 9.38. The molecule has 2 aromatic carbocycles. The molecule has 1 saturated heterocycles. The fourth-order valence-corrected chi connectivity index (χ4v) is 3.56. The summed E-state index contributed by atoms with van der Waals surface area (Å²) < 4.78 is 21.5. The highest BCUT2D eigenvalue weighted by atomic mass is 32.2. The maximum atomic E-state index is 12.4. The number of hydrogen-bond donors (Lipinski definition) is 1. The van der Waals surface area contributed by atoms with Crippen LogP contribution in [0.25, 0.3) is 6.08 Å². The van der Waals surface area contributed by atoms with E-state index in [9.17, 15) is 4.79 Å². The van der Waals surface area contributed by atoms with E-state index in [1.54, 1.807) is 39.5 Å². The summed E-state index contributed by atoms with van der Waals surface area (Å²) in [5.41, 5.74) is 1.48. The third-order valence-electron chi connectivity index (χ3n) is 4.01. The lowest BCUT2D eigenvalue weighted by molar-refractivity contribution is -0.115. The van der Waals surface area contributed by atoms with Gasteiger partial charge in [-0.25, -0.2) is 4.99 Å². The zero-order chi connectivity index (χ0) is 20.8. The minimum Gasteiger partial charge on any atom is -0.494 e. The fourth-order valence-electron chi connectivity index (χ4n) is 2.72. The number of thioether (sulfide) groups is 1. The maximum absolute atomic E-state index is 12.4. The van der Waals surface area contributed by atoms with Gasteiger partial charge in [0.1, 0.15) is 5.75 Å². The Hall–Kier alpha value is -3.13. The predicted octanol–water partition coefficient (Wildman–Crippen LogP) is 4.00. The molecule has 0 aliphatic carbocycles. The van der Waals surface area contributed by atoms with Crippen LogP contribution in [0.1, 0.15) is 12.5 Å². The molecule has 1 aliphatic rings. The number of amides is 1. The molecule has 3 rings (SSSR count). The first kappa shape index (κ1) is 20.6. The molecule has 0 bridgehead atoms. The van der Waals surface area contributed by atoms with Crippen LogP contribution < -0.4 is 24.3 Å². The molecule has 1 N–H and O–H groups in total. The number of ether oxygens (including phenoxy) is 4. The molecular formula is C21H22N2O5S. The van der Waals surface area contributed by atoms with Crippen molar-refractivity contribution < 1.29 is 23.7 Å². The Morgan fingerprint density at radius 3 is 2.24 bits per heavy atom. The lowest BCUT2D eigenvalue weighted by Gasteiger charge is -2.12. The van der Waals surface area contributed by atoms with Gasteiger partial charge in [0.25, 0.3) is 5.91 Å². The third-order valence-corrected chi connectivity index (χ3v) is 4.92. The molecule has 0 unspecified atom stereocenters. The number of rotatable bonds is 7. The van der Waals surface area contributed by atoms with Crippen LogP contribution in [0.3, 0.4) is 0 Å². The molecule has 0 aromatic heterocycles. The van der Waals surface area contributed by atoms with Crippen LogP contribution in [0.4, 0.5) is 5.69 Å². The lowest BCUT2D eigenvalue weighted by Crippen LogP contribution is -2.19. The van der Waals surface area contributed by atoms with Gasteiger partial charge >= 0.3 is 0 Å². The van der Waals surface area contributed by atoms with Crippen molar-refractivity contribution in [1.29, 1.82) is 0 Å². The number of nitrogens with zero attached hydrogens (tertiary/aromatic N) is 1. The molecule has 8 heteroatoms. The number of aliphatic imine (C=N–C) groups is 1. The molecule has 29 heavy (non-hydrogen) atoms. The standard InChI is InChI=1S/C21H22N2O5S/c1-5-28-15-8-6-14(7-9-15)22-21-23-20(24)18(29-21)12-13-10-16(25-2)19(27-4)17(11-13)26-3/h6-12H,5H2,1-4H3,(H,22,23,24)/b18-12-. The number of amidine groups is 1. The van der Waals surface area contributed by atoms with Crippen LogP contribution in [0.2, 0.25) is 0 Å². The van der Waals surface area contributed by atoms with E-state index in [0.29, 0.717) is 33.9 Å². The van der Waals surface area contributed by atoms with E-state index in [4.69, 9.17) is 18.9 Å². The van der Waals surface area contributed by atoms with E-state index >= 15 is 0 Å². The first-order chi connectivity index (χ1) is 14.1. The molecule has 7 nitrogen and oxygen atoms in total. The molecule has 1 amide bonds. The van der Waals surface area contributed by atoms with Crippen LogP contribution in [0.15, 0.2) is 46.3 Å². The summed E-state index contributed by atoms with van der Waals surface area (Å²) >= 11 is 1.27. The van der Waals surface area contributed by atoms with Gasteiger partial charge in [-0.3, -0.25) is 4.79 Å². The van der Waals surface area contributed by atoms with Crippen molar-refractivity contribution in [3.8, 4) is 23.0 Å². The van der Waals surface area contributed by atoms with E-state index in [1.165, 1.54) is 11.8 Å². The van der Waals surface area contributed by atoms with Crippen LogP contribution in [-0.2, 0) is 4.79 Å². The Balaban J connectivity index is 1.83. The second-order valence-electron chi connectivity index (χ2n) is 5.87. The molecule has 152 valence electrons. The van der Waals surface area contributed by atoms with Gasteiger partial charge in [0.05, 0.1) is 38.5 Å². The molecule has 0 saturated carbocycles. The first-order valence-corrected chi connectivity index (χ1v) is 9.72. The van der Waals surface area contributed by atoms with Crippen LogP contribution in [0.5, 0.6) is 23.0 Å². The molecule has 1 aliphatic heterocycles. The van der Waals surface area contributed by atoms with Crippen molar-refractivity contribution >= 4 is 34.6 Å². The van der Waals surface area contributed by atoms with Gasteiger partial charge < -0.3 is 24.3 Å². The van der Waals surface area contributed by atoms with E-state index in [-0.39, 0.29) is 5.91 Å². The van der Waals surface area contributed by atoms with Gasteiger partial charge in [-0.15, -0.1) is 0 Å². The molecule has 0 atom stereocenters. The summed E-state index contributed by atoms with van der Waals surface area (Å²) in [6, 6.07) is 10.9. The van der Waals surface area contributed by atoms with Gasteiger partial charge in [-0.1, -0.05) is 0 Å². The van der Waals surface area contributed by atoms with Gasteiger partial charge in [0.2, 0.25) is 5.75 Å². The normalized spacial score (nSPS) is 16.1. The number of hydrogen-bond acceptors (Lipinski definition) is 7. The minimum atomic E-state index is -0.214. The average Bonchev–Trinajstić information content (AvgIpc) is 3.07. The lowest BCUT2D eigenvalue weighted by atomic mass is 10.1. The fraction of sp³-hybridized carbons (Fsp3) is 0.238. The number of methoxy groups -OCH3 is 3. The van der Waals surface area contributed by atoms with Crippen molar-refractivity contribution in [2.24, 2.45) is 4.99 Å². The summed E-state index contributed by atoms with van der Waals surface area (Å²) in [4.78, 5) is 17.4. The Morgan fingerprint density at radius 1 is 1.03 bits per heavy atom. The van der Waals surface area contributed by atoms with Crippen molar-refractivity contribution in [1.82, 2.24) is 5.32 Å². The van der Waals surface area contributed by atoms with Gasteiger partial charge in [-0.2, -0.15) is 0 Å². The molecule has 2 aromatic rings. The van der Waals surface area contributed by atoms with Crippen molar-refractivity contribution in [3.63, 3.8) is 0 Å². The summed E-state index contributed by atoms with van der Waals surface area (Å²) in [7, 11) is 4.64. The van der Waals surface area contributed by atoms with Crippen molar-refractivity contribution in [2.75, 3.05) is 27.9 Å². The Kier molecular flexibility index (Phi) is 6.66. The molecular weight excluding hydrogens is 392 g/mol. The number of benzene rings is 2. The largest absolute Gasteiger partial charge is 0.494 e. The monoisotopic (exact) mass is 414 g/mol. The third kappa shape index (κ3) is 4.83. The number of nitrogens with one attached hydrogen (secondary N) is 1. The maximum Gasteiger partial charge on any atom is 0.264 e. The number of carbonyl (C=O) groups is 1. The zero-order valence-corrected chi connectivity index (χ0v) is 17.5. The van der Waals surface area contributed by atoms with Crippen molar-refractivity contribution in [3.05, 3.63) is 46.9 Å². The quantitative estimate of drug-likeness (QED) is 0.690. The molecule has 0 spiro atoms. The highest BCUT2D eigenvalue weighted by molar-refractivity contribution is 8.18. The SMILES string of the molecule is CCOc1ccc(N=C2NC(=O)/C(=C/c3cc(OC)c(OC)c(OC)c3)S2)cc1. The highest BCUT2D eigenvalue weighted by Crippen LogP contribution is 2.39. The average molecular weight is 414 g/mol. The topological polar surface area (TPSA) is 78.4 Å². The van der Waals surface area contributed by atoms with Crippen LogP contribution in [-0.4, -0.2) is 39.0 Å². The van der Waals surface area contributed by atoms with Gasteiger partial charge in [0.15, 0.2) is 16.7 Å². The Labute approximate surface area is 173 Å². The van der Waals surface area contributed by atoms with Gasteiger partial charge in [0, 0.05) is 0 Å².